The van der Waals surface area contributed by atoms with Crippen molar-refractivity contribution < 1.29 is 17.9 Å². The van der Waals surface area contributed by atoms with Crippen LogP contribution in [0.4, 0.5) is 0 Å². The van der Waals surface area contributed by atoms with Gasteiger partial charge < -0.3 is 4.74 Å². The summed E-state index contributed by atoms with van der Waals surface area (Å²) < 4.78 is 32.1. The Morgan fingerprint density at radius 3 is 2.23 bits per heavy atom. The molecule has 2 heterocycles. The largest absolute Gasteiger partial charge is 0.497 e. The van der Waals surface area contributed by atoms with Crippen LogP contribution in [0.3, 0.4) is 0 Å². The molecule has 0 bridgehead atoms. The van der Waals surface area contributed by atoms with Gasteiger partial charge in [0.15, 0.2) is 0 Å². The summed E-state index contributed by atoms with van der Waals surface area (Å²) in [5.41, 5.74) is 3.00. The van der Waals surface area contributed by atoms with Crippen molar-refractivity contribution in [2.45, 2.75) is 37.0 Å². The van der Waals surface area contributed by atoms with E-state index in [1.165, 1.54) is 10.7 Å². The number of nitrogens with one attached hydrogen (secondary N) is 1. The van der Waals surface area contributed by atoms with Gasteiger partial charge in [0.25, 0.3) is 0 Å². The second-order valence-electron chi connectivity index (χ2n) is 6.88. The highest BCUT2D eigenvalue weighted by atomic mass is 32.2. The maximum Gasteiger partial charge on any atom is 0.243 e. The van der Waals surface area contributed by atoms with Crippen molar-refractivity contribution in [2.75, 3.05) is 33.3 Å². The van der Waals surface area contributed by atoms with Crippen LogP contribution >= 0.6 is 0 Å². The molecule has 0 atom stereocenters. The number of hydrogen-bond donors (Lipinski definition) is 1. The molecule has 0 aliphatic carbocycles. The third kappa shape index (κ3) is 4.36. The molecule has 0 spiro atoms. The molecule has 26 heavy (non-hydrogen) atoms. The van der Waals surface area contributed by atoms with Crippen molar-refractivity contribution in [2.24, 2.45) is 5.92 Å². The molecule has 2 saturated heterocycles. The average molecular weight is 381 g/mol. The highest BCUT2D eigenvalue weighted by Crippen LogP contribution is 2.25. The van der Waals surface area contributed by atoms with Gasteiger partial charge in [0, 0.05) is 32.1 Å². The van der Waals surface area contributed by atoms with Gasteiger partial charge in [0.2, 0.25) is 15.9 Å². The van der Waals surface area contributed by atoms with E-state index in [0.717, 1.165) is 25.9 Å². The fraction of sp³-hybridized carbons (Fsp3) is 0.611. The van der Waals surface area contributed by atoms with Crippen LogP contribution < -0.4 is 10.2 Å². The number of sulfonamides is 1. The van der Waals surface area contributed by atoms with Crippen LogP contribution in [0.25, 0.3) is 0 Å². The molecule has 0 saturated carbocycles. The molecule has 0 aromatic heterocycles. The monoisotopic (exact) mass is 381 g/mol. The number of hydrogen-bond acceptors (Lipinski definition) is 5. The van der Waals surface area contributed by atoms with Crippen LogP contribution in [0.1, 0.15) is 32.1 Å². The predicted octanol–water partition coefficient (Wildman–Crippen LogP) is 1.61. The zero-order valence-electron chi connectivity index (χ0n) is 15.2. The topological polar surface area (TPSA) is 79.0 Å². The summed E-state index contributed by atoms with van der Waals surface area (Å²) in [5.74, 6) is 0.518. The summed E-state index contributed by atoms with van der Waals surface area (Å²) in [4.78, 5) is 12.7. The molecule has 1 aromatic carbocycles. The van der Waals surface area contributed by atoms with Gasteiger partial charge in [0.1, 0.15) is 5.75 Å². The van der Waals surface area contributed by atoms with Crippen molar-refractivity contribution in [3.8, 4) is 5.75 Å². The minimum atomic E-state index is -3.53. The van der Waals surface area contributed by atoms with Gasteiger partial charge in [-0.05, 0) is 49.9 Å². The van der Waals surface area contributed by atoms with E-state index in [9.17, 15) is 13.2 Å². The number of carbonyl (C=O) groups is 1. The number of nitrogens with zero attached hydrogens (tertiary/aromatic N) is 2. The summed E-state index contributed by atoms with van der Waals surface area (Å²) in [5, 5.41) is 1.99. The maximum atomic E-state index is 12.8. The average Bonchev–Trinajstić information content (AvgIpc) is 2.69. The van der Waals surface area contributed by atoms with Crippen LogP contribution in [-0.4, -0.2) is 56.9 Å². The predicted molar refractivity (Wildman–Crippen MR) is 98.0 cm³/mol. The van der Waals surface area contributed by atoms with Crippen molar-refractivity contribution in [3.05, 3.63) is 24.3 Å². The number of methoxy groups -OCH3 is 1. The Bertz CT molecular complexity index is 706. The quantitative estimate of drug-likeness (QED) is 0.838. The lowest BCUT2D eigenvalue weighted by Crippen LogP contribution is -2.49. The standard InChI is InChI=1S/C18H27N3O4S/c1-25-16-5-7-17(8-6-16)26(23,24)21-13-9-15(10-14-21)18(22)19-20-11-3-2-4-12-20/h5-8,15H,2-4,9-14H2,1H3,(H,19,22). The van der Waals surface area contributed by atoms with Gasteiger partial charge in [0.05, 0.1) is 12.0 Å². The van der Waals surface area contributed by atoms with E-state index in [0.29, 0.717) is 31.7 Å². The molecule has 1 amide bonds. The maximum absolute atomic E-state index is 12.8. The van der Waals surface area contributed by atoms with Gasteiger partial charge in [-0.3, -0.25) is 10.2 Å². The van der Waals surface area contributed by atoms with E-state index in [1.54, 1.807) is 31.4 Å². The molecule has 3 rings (SSSR count). The Kier molecular flexibility index (Phi) is 6.16. The number of hydrazine groups is 1. The highest BCUT2D eigenvalue weighted by molar-refractivity contribution is 7.89. The van der Waals surface area contributed by atoms with Crippen LogP contribution in [0, 0.1) is 5.92 Å². The number of piperidine rings is 2. The van der Waals surface area contributed by atoms with E-state index in [1.807, 2.05) is 5.01 Å². The second kappa shape index (κ2) is 8.37. The summed E-state index contributed by atoms with van der Waals surface area (Å²) in [6.45, 7) is 2.53. The number of rotatable bonds is 5. The molecule has 2 aliphatic rings. The first kappa shape index (κ1) is 19.1. The van der Waals surface area contributed by atoms with E-state index in [4.69, 9.17) is 4.74 Å². The van der Waals surface area contributed by atoms with Gasteiger partial charge in [-0.1, -0.05) is 6.42 Å². The Balaban J connectivity index is 1.55. The number of carbonyl (C=O) groups excluding carboxylic acids is 1. The minimum Gasteiger partial charge on any atom is -0.497 e. The zero-order chi connectivity index (χ0) is 18.6. The normalized spacial score (nSPS) is 20.7. The van der Waals surface area contributed by atoms with Crippen LogP contribution in [0.5, 0.6) is 5.75 Å². The van der Waals surface area contributed by atoms with Gasteiger partial charge in [-0.25, -0.2) is 13.4 Å². The number of amides is 1. The zero-order valence-corrected chi connectivity index (χ0v) is 16.0. The third-order valence-corrected chi connectivity index (χ3v) is 7.06. The van der Waals surface area contributed by atoms with E-state index in [-0.39, 0.29) is 16.7 Å². The first-order valence-corrected chi connectivity index (χ1v) is 10.6. The SMILES string of the molecule is COc1ccc(S(=O)(=O)N2CCC(C(=O)NN3CCCCC3)CC2)cc1. The molecular formula is C18H27N3O4S. The lowest BCUT2D eigenvalue weighted by atomic mass is 9.97. The van der Waals surface area contributed by atoms with Gasteiger partial charge >= 0.3 is 0 Å². The molecule has 1 N–H and O–H groups in total. The smallest absolute Gasteiger partial charge is 0.243 e. The fourth-order valence-electron chi connectivity index (χ4n) is 3.51. The third-order valence-electron chi connectivity index (χ3n) is 5.15. The Morgan fingerprint density at radius 2 is 1.65 bits per heavy atom. The van der Waals surface area contributed by atoms with E-state index < -0.39 is 10.0 Å². The molecule has 144 valence electrons. The minimum absolute atomic E-state index is 0.0217. The van der Waals surface area contributed by atoms with Crippen molar-refractivity contribution in [1.82, 2.24) is 14.7 Å². The van der Waals surface area contributed by atoms with Crippen LogP contribution in [0.15, 0.2) is 29.2 Å². The van der Waals surface area contributed by atoms with Crippen molar-refractivity contribution >= 4 is 15.9 Å². The van der Waals surface area contributed by atoms with Crippen LogP contribution in [-0.2, 0) is 14.8 Å². The first-order chi connectivity index (χ1) is 12.5. The summed E-state index contributed by atoms with van der Waals surface area (Å²) in [6.07, 6.45) is 4.54. The molecule has 2 aliphatic heterocycles. The van der Waals surface area contributed by atoms with Gasteiger partial charge in [-0.15, -0.1) is 0 Å². The van der Waals surface area contributed by atoms with Crippen molar-refractivity contribution in [3.63, 3.8) is 0 Å². The second-order valence-corrected chi connectivity index (χ2v) is 8.82. The van der Waals surface area contributed by atoms with Gasteiger partial charge in [-0.2, -0.15) is 4.31 Å². The van der Waals surface area contributed by atoms with E-state index >= 15 is 0 Å². The Labute approximate surface area is 155 Å². The number of ether oxygens (including phenoxy) is 1. The molecule has 0 unspecified atom stereocenters. The lowest BCUT2D eigenvalue weighted by molar-refractivity contribution is -0.131. The first-order valence-electron chi connectivity index (χ1n) is 9.20. The van der Waals surface area contributed by atoms with E-state index in [2.05, 4.69) is 5.43 Å². The van der Waals surface area contributed by atoms with Crippen LogP contribution in [0.2, 0.25) is 0 Å². The summed E-state index contributed by atoms with van der Waals surface area (Å²) >= 11 is 0. The van der Waals surface area contributed by atoms with Crippen molar-refractivity contribution in [1.29, 1.82) is 0 Å². The Morgan fingerprint density at radius 1 is 1.04 bits per heavy atom. The Hall–Kier alpha value is -1.64. The summed E-state index contributed by atoms with van der Waals surface area (Å²) in [7, 11) is -1.98. The summed E-state index contributed by atoms with van der Waals surface area (Å²) in [6, 6.07) is 6.41. The number of benzene rings is 1. The highest BCUT2D eigenvalue weighted by Gasteiger charge is 2.32. The fourth-order valence-corrected chi connectivity index (χ4v) is 4.98. The molecule has 8 heteroatoms. The molecular weight excluding hydrogens is 354 g/mol. The lowest BCUT2D eigenvalue weighted by Gasteiger charge is -2.33. The molecule has 1 aromatic rings. The molecule has 0 radical (unpaired) electrons. The molecule has 2 fully saturated rings. The molecule has 7 nitrogen and oxygen atoms in total.